The summed E-state index contributed by atoms with van der Waals surface area (Å²) >= 11 is 2.98. The highest BCUT2D eigenvalue weighted by Crippen LogP contribution is 2.40. The van der Waals surface area contributed by atoms with E-state index in [1.807, 2.05) is 73.0 Å². The van der Waals surface area contributed by atoms with Gasteiger partial charge < -0.3 is 9.47 Å². The van der Waals surface area contributed by atoms with Crippen molar-refractivity contribution in [3.63, 3.8) is 0 Å². The van der Waals surface area contributed by atoms with Gasteiger partial charge in [-0.1, -0.05) is 53.8 Å². The summed E-state index contributed by atoms with van der Waals surface area (Å²) in [6.07, 6.45) is 3.90. The largest absolute Gasteiger partial charge is 0.496 e. The molecule has 0 unspecified atom stereocenters. The summed E-state index contributed by atoms with van der Waals surface area (Å²) in [7, 11) is 1.59. The van der Waals surface area contributed by atoms with Gasteiger partial charge in [-0.05, 0) is 60.7 Å². The second-order valence-corrected chi connectivity index (χ2v) is 10.4. The maximum absolute atomic E-state index is 14.0. The van der Waals surface area contributed by atoms with Crippen LogP contribution in [0, 0.1) is 0 Å². The lowest BCUT2D eigenvalue weighted by molar-refractivity contribution is -0.139. The molecule has 1 atom stereocenters. The van der Waals surface area contributed by atoms with Gasteiger partial charge >= 0.3 is 5.97 Å². The van der Waals surface area contributed by atoms with E-state index in [0.717, 1.165) is 26.8 Å². The first-order valence-corrected chi connectivity index (χ1v) is 13.9. The standard InChI is InChI=1S/C29H26N2O4S2/c1-5-35-28(33)24-17(2)30-29-31(27(32)23(37-29)16-18-10-13-20(36-4)14-11-18)26(24)25-21-9-7-6-8-19(21)12-15-22(25)34-3/h6-16,26H,5H2,1-4H3/b23-16-/t26-/m0/s1. The highest BCUT2D eigenvalue weighted by atomic mass is 32.2. The van der Waals surface area contributed by atoms with Crippen LogP contribution in [0.4, 0.5) is 0 Å². The molecule has 0 N–H and O–H groups in total. The first kappa shape index (κ1) is 25.0. The van der Waals surface area contributed by atoms with Crippen LogP contribution in [0.15, 0.2) is 86.6 Å². The van der Waals surface area contributed by atoms with Crippen LogP contribution in [0.25, 0.3) is 16.8 Å². The fraction of sp³-hybridized carbons (Fsp3) is 0.207. The van der Waals surface area contributed by atoms with Crippen molar-refractivity contribution in [3.05, 3.63) is 103 Å². The number of methoxy groups -OCH3 is 1. The smallest absolute Gasteiger partial charge is 0.338 e. The second-order valence-electron chi connectivity index (χ2n) is 8.48. The minimum atomic E-state index is -0.752. The molecule has 0 radical (unpaired) electrons. The molecule has 1 aliphatic rings. The van der Waals surface area contributed by atoms with Gasteiger partial charge in [-0.2, -0.15) is 0 Å². The third-order valence-electron chi connectivity index (χ3n) is 6.35. The van der Waals surface area contributed by atoms with Crippen LogP contribution in [0.1, 0.15) is 31.0 Å². The molecule has 1 aromatic heterocycles. The molecule has 0 aliphatic carbocycles. The van der Waals surface area contributed by atoms with Gasteiger partial charge in [0.05, 0.1) is 29.5 Å². The number of carbonyl (C=O) groups is 1. The van der Waals surface area contributed by atoms with Gasteiger partial charge in [0.1, 0.15) is 11.8 Å². The van der Waals surface area contributed by atoms with Gasteiger partial charge in [-0.3, -0.25) is 9.36 Å². The first-order valence-electron chi connectivity index (χ1n) is 11.9. The zero-order valence-electron chi connectivity index (χ0n) is 21.0. The molecule has 4 aromatic rings. The number of thioether (sulfide) groups is 1. The van der Waals surface area contributed by atoms with E-state index in [1.165, 1.54) is 11.3 Å². The van der Waals surface area contributed by atoms with Crippen LogP contribution in [-0.2, 0) is 9.53 Å². The molecule has 37 heavy (non-hydrogen) atoms. The Bertz CT molecular complexity index is 1720. The fourth-order valence-corrected chi connectivity index (χ4v) is 6.11. The van der Waals surface area contributed by atoms with Crippen molar-refractivity contribution in [2.75, 3.05) is 20.0 Å². The lowest BCUT2D eigenvalue weighted by atomic mass is 9.90. The predicted octanol–water partition coefficient (Wildman–Crippen LogP) is 4.68. The Morgan fingerprint density at radius 1 is 1.14 bits per heavy atom. The molecule has 0 fully saturated rings. The summed E-state index contributed by atoms with van der Waals surface area (Å²) in [6, 6.07) is 19.0. The zero-order chi connectivity index (χ0) is 26.1. The van der Waals surface area contributed by atoms with Gasteiger partial charge in [0, 0.05) is 10.5 Å². The molecular formula is C29H26N2O4S2. The van der Waals surface area contributed by atoms with Crippen molar-refractivity contribution in [1.29, 1.82) is 0 Å². The third-order valence-corrected chi connectivity index (χ3v) is 8.08. The molecule has 3 aromatic carbocycles. The van der Waals surface area contributed by atoms with E-state index in [-0.39, 0.29) is 12.2 Å². The van der Waals surface area contributed by atoms with E-state index in [4.69, 9.17) is 9.47 Å². The Morgan fingerprint density at radius 2 is 1.89 bits per heavy atom. The number of carbonyl (C=O) groups excluding carboxylic acids is 1. The lowest BCUT2D eigenvalue weighted by Crippen LogP contribution is -2.40. The number of aromatic nitrogens is 1. The number of esters is 1. The average molecular weight is 531 g/mol. The number of allylic oxidation sites excluding steroid dienone is 1. The van der Waals surface area contributed by atoms with E-state index in [2.05, 4.69) is 4.99 Å². The number of ether oxygens (including phenoxy) is 2. The number of thiazole rings is 1. The zero-order valence-corrected chi connectivity index (χ0v) is 22.6. The normalized spacial score (nSPS) is 15.5. The summed E-state index contributed by atoms with van der Waals surface area (Å²) in [5.74, 6) is 0.0908. The van der Waals surface area contributed by atoms with Gasteiger partial charge in [0.2, 0.25) is 0 Å². The van der Waals surface area contributed by atoms with Gasteiger partial charge in [-0.25, -0.2) is 9.79 Å². The number of rotatable bonds is 6. The Morgan fingerprint density at radius 3 is 2.59 bits per heavy atom. The monoisotopic (exact) mass is 530 g/mol. The van der Waals surface area contributed by atoms with Crippen LogP contribution >= 0.6 is 23.1 Å². The van der Waals surface area contributed by atoms with E-state index < -0.39 is 12.0 Å². The van der Waals surface area contributed by atoms with E-state index in [9.17, 15) is 9.59 Å². The molecule has 8 heteroatoms. The molecule has 1 aliphatic heterocycles. The van der Waals surface area contributed by atoms with Crippen molar-refractivity contribution in [3.8, 4) is 5.75 Å². The molecule has 0 amide bonds. The molecule has 0 saturated carbocycles. The molecule has 6 nitrogen and oxygen atoms in total. The summed E-state index contributed by atoms with van der Waals surface area (Å²) < 4.78 is 13.4. The quantitative estimate of drug-likeness (QED) is 0.267. The SMILES string of the molecule is CCOC(=O)C1=C(C)N=c2s/c(=C\c3ccc(SC)cc3)c(=O)n2[C@@H]1c1c(OC)ccc2ccccc12. The maximum Gasteiger partial charge on any atom is 0.338 e. The van der Waals surface area contributed by atoms with Crippen molar-refractivity contribution >= 4 is 45.9 Å². The Hall–Kier alpha value is -3.62. The van der Waals surface area contributed by atoms with Crippen LogP contribution < -0.4 is 19.6 Å². The highest BCUT2D eigenvalue weighted by molar-refractivity contribution is 7.98. The third kappa shape index (κ3) is 4.51. The van der Waals surface area contributed by atoms with Gasteiger partial charge in [-0.15, -0.1) is 11.8 Å². The summed E-state index contributed by atoms with van der Waals surface area (Å²) in [4.78, 5) is 33.6. The minimum absolute atomic E-state index is 0.214. The molecular weight excluding hydrogens is 504 g/mol. The Kier molecular flexibility index (Phi) is 7.04. The summed E-state index contributed by atoms with van der Waals surface area (Å²) in [6.45, 7) is 3.76. The van der Waals surface area contributed by atoms with Crippen molar-refractivity contribution in [2.45, 2.75) is 24.8 Å². The molecule has 0 bridgehead atoms. The van der Waals surface area contributed by atoms with E-state index in [1.54, 1.807) is 37.3 Å². The van der Waals surface area contributed by atoms with Crippen molar-refractivity contribution in [1.82, 2.24) is 4.57 Å². The fourth-order valence-electron chi connectivity index (χ4n) is 4.65. The van der Waals surface area contributed by atoms with Crippen LogP contribution in [0.5, 0.6) is 5.75 Å². The molecule has 188 valence electrons. The number of nitrogens with zero attached hydrogens (tertiary/aromatic N) is 2. The number of hydrogen-bond donors (Lipinski definition) is 0. The maximum atomic E-state index is 14.0. The second kappa shape index (κ2) is 10.4. The number of fused-ring (bicyclic) bond motifs is 2. The van der Waals surface area contributed by atoms with E-state index >= 15 is 0 Å². The van der Waals surface area contributed by atoms with Gasteiger partial charge in [0.15, 0.2) is 4.80 Å². The molecule has 2 heterocycles. The number of hydrogen-bond acceptors (Lipinski definition) is 7. The summed E-state index contributed by atoms with van der Waals surface area (Å²) in [5, 5.41) is 1.87. The van der Waals surface area contributed by atoms with Crippen LogP contribution in [-0.4, -0.2) is 30.5 Å². The first-order chi connectivity index (χ1) is 18.0. The van der Waals surface area contributed by atoms with Crippen LogP contribution in [0.2, 0.25) is 0 Å². The number of benzene rings is 3. The minimum Gasteiger partial charge on any atom is -0.496 e. The average Bonchev–Trinajstić information content (AvgIpc) is 3.21. The van der Waals surface area contributed by atoms with Crippen LogP contribution in [0.3, 0.4) is 0 Å². The molecule has 0 spiro atoms. The lowest BCUT2D eigenvalue weighted by Gasteiger charge is -2.27. The molecule has 5 rings (SSSR count). The van der Waals surface area contributed by atoms with Crippen molar-refractivity contribution in [2.24, 2.45) is 4.99 Å². The van der Waals surface area contributed by atoms with Gasteiger partial charge in [0.25, 0.3) is 5.56 Å². The Labute approximate surface area is 222 Å². The molecule has 0 saturated heterocycles. The highest BCUT2D eigenvalue weighted by Gasteiger charge is 2.36. The predicted molar refractivity (Wildman–Crippen MR) is 149 cm³/mol. The van der Waals surface area contributed by atoms with Crippen molar-refractivity contribution < 1.29 is 14.3 Å². The summed E-state index contributed by atoms with van der Waals surface area (Å²) in [5.41, 5.74) is 2.29. The topological polar surface area (TPSA) is 69.9 Å². The van der Waals surface area contributed by atoms with E-state index in [0.29, 0.717) is 26.4 Å². The Balaban J connectivity index is 1.82.